The van der Waals surface area contributed by atoms with Crippen molar-refractivity contribution in [2.45, 2.75) is 12.3 Å². The Kier molecular flexibility index (Phi) is 7.02. The van der Waals surface area contributed by atoms with Crippen LogP contribution in [-0.2, 0) is 0 Å². The molecule has 0 aromatic heterocycles. The summed E-state index contributed by atoms with van der Waals surface area (Å²) in [6.45, 7) is 0. The Morgan fingerprint density at radius 2 is 0.917 bits per heavy atom. The summed E-state index contributed by atoms with van der Waals surface area (Å²) in [7, 11) is 0. The largest absolute Gasteiger partial charge is 0.252 e. The summed E-state index contributed by atoms with van der Waals surface area (Å²) in [5.41, 5.74) is 10.9. The van der Waals surface area contributed by atoms with Gasteiger partial charge in [0.1, 0.15) is 0 Å². The highest BCUT2D eigenvalue weighted by molar-refractivity contribution is 6.23. The minimum absolute atomic E-state index is 0.226. The van der Waals surface area contributed by atoms with Crippen LogP contribution in [0.3, 0.4) is 0 Å². The summed E-state index contributed by atoms with van der Waals surface area (Å²) in [4.78, 5) is 5.16. The summed E-state index contributed by atoms with van der Waals surface area (Å²) in [5.74, 6) is 0.226. The van der Waals surface area contributed by atoms with E-state index in [2.05, 4.69) is 182 Å². The fourth-order valence-electron chi connectivity index (χ4n) is 7.55. The summed E-state index contributed by atoms with van der Waals surface area (Å²) in [5, 5.41) is 7.64. The third-order valence-corrected chi connectivity index (χ3v) is 9.82. The molecule has 0 saturated heterocycles. The van der Waals surface area contributed by atoms with E-state index in [0.717, 1.165) is 23.4 Å². The Balaban J connectivity index is 1.18. The maximum Gasteiger partial charge on any atom is 0.0671 e. The molecule has 8 aromatic carbocycles. The number of rotatable bonds is 5. The van der Waals surface area contributed by atoms with Crippen LogP contribution >= 0.6 is 0 Å². The van der Waals surface area contributed by atoms with Crippen LogP contribution in [0.4, 0.5) is 0 Å². The first-order chi connectivity index (χ1) is 23.8. The zero-order chi connectivity index (χ0) is 31.9. The maximum atomic E-state index is 5.16. The van der Waals surface area contributed by atoms with Gasteiger partial charge >= 0.3 is 0 Å². The molecule has 0 saturated carbocycles. The summed E-state index contributed by atoms with van der Waals surface area (Å²) < 4.78 is 0. The van der Waals surface area contributed by atoms with Crippen molar-refractivity contribution < 1.29 is 0 Å². The fraction of sp³-hybridized carbons (Fsp3) is 0.0426. The summed E-state index contributed by atoms with van der Waals surface area (Å²) in [6.07, 6.45) is 3.21. The molecule has 1 atom stereocenters. The molecule has 1 nitrogen and oxygen atoms in total. The number of benzene rings is 8. The fourth-order valence-corrected chi connectivity index (χ4v) is 7.55. The van der Waals surface area contributed by atoms with Gasteiger partial charge in [-0.1, -0.05) is 182 Å². The molecular formula is C47H33N. The molecule has 0 amide bonds. The highest BCUT2D eigenvalue weighted by atomic mass is 14.8. The van der Waals surface area contributed by atoms with Crippen LogP contribution in [0, 0.1) is 0 Å². The van der Waals surface area contributed by atoms with Crippen LogP contribution < -0.4 is 0 Å². The second-order valence-electron chi connectivity index (χ2n) is 12.6. The van der Waals surface area contributed by atoms with Crippen LogP contribution in [-0.4, -0.2) is 5.71 Å². The van der Waals surface area contributed by atoms with E-state index in [4.69, 9.17) is 4.99 Å². The topological polar surface area (TPSA) is 12.4 Å². The van der Waals surface area contributed by atoms with Crippen LogP contribution in [0.2, 0.25) is 0 Å². The normalized spacial score (nSPS) is 14.6. The highest BCUT2D eigenvalue weighted by Crippen LogP contribution is 2.45. The number of nitrogens with zero attached hydrogens (tertiary/aromatic N) is 1. The number of allylic oxidation sites excluding steroid dienone is 1. The second-order valence-corrected chi connectivity index (χ2v) is 12.6. The standard InChI is InChI=1S/C47H33N/c1-3-15-34(16-4-1)44-30-37(31-45(48-44)35-17-5-2-6-18-35)32-26-28-36(29-27-32)46-40-21-9-11-23-42(40)47(43-24-12-10-22-41(43)46)39-25-13-19-33-14-7-8-20-38(33)39/h1-30,37H,31H2. The third-order valence-electron chi connectivity index (χ3n) is 9.82. The van der Waals surface area contributed by atoms with Crippen molar-refractivity contribution in [2.75, 3.05) is 0 Å². The first-order valence-corrected chi connectivity index (χ1v) is 16.7. The van der Waals surface area contributed by atoms with Gasteiger partial charge in [0.2, 0.25) is 0 Å². The quantitative estimate of drug-likeness (QED) is 0.172. The van der Waals surface area contributed by atoms with Gasteiger partial charge in [0.15, 0.2) is 0 Å². The van der Waals surface area contributed by atoms with Crippen molar-refractivity contribution in [2.24, 2.45) is 4.99 Å². The van der Waals surface area contributed by atoms with E-state index in [1.54, 1.807) is 0 Å². The van der Waals surface area contributed by atoms with E-state index < -0.39 is 0 Å². The minimum Gasteiger partial charge on any atom is -0.252 e. The van der Waals surface area contributed by atoms with Crippen LogP contribution in [0.25, 0.3) is 60.3 Å². The van der Waals surface area contributed by atoms with E-state index in [9.17, 15) is 0 Å². The van der Waals surface area contributed by atoms with Crippen molar-refractivity contribution in [3.05, 3.63) is 199 Å². The monoisotopic (exact) mass is 611 g/mol. The SMILES string of the molecule is C1=C(c2ccccc2)N=C(c2ccccc2)CC1c1ccc(-c2c3ccccc3c(-c3cccc4ccccc34)c3ccccc23)cc1. The van der Waals surface area contributed by atoms with Gasteiger partial charge in [0.25, 0.3) is 0 Å². The van der Waals surface area contributed by atoms with Gasteiger partial charge in [-0.25, -0.2) is 0 Å². The van der Waals surface area contributed by atoms with Gasteiger partial charge in [-0.2, -0.15) is 0 Å². The van der Waals surface area contributed by atoms with Gasteiger partial charge < -0.3 is 0 Å². The van der Waals surface area contributed by atoms with Crippen LogP contribution in [0.5, 0.6) is 0 Å². The van der Waals surface area contributed by atoms with Crippen molar-refractivity contribution in [3.63, 3.8) is 0 Å². The molecule has 0 radical (unpaired) electrons. The zero-order valence-electron chi connectivity index (χ0n) is 26.6. The lowest BCUT2D eigenvalue weighted by Crippen LogP contribution is -2.12. The molecule has 1 aliphatic rings. The molecule has 0 fully saturated rings. The first kappa shape index (κ1) is 28.2. The smallest absolute Gasteiger partial charge is 0.0671 e. The Morgan fingerprint density at radius 1 is 0.396 bits per heavy atom. The predicted molar refractivity (Wildman–Crippen MR) is 205 cm³/mol. The Bertz CT molecular complexity index is 2440. The highest BCUT2D eigenvalue weighted by Gasteiger charge is 2.22. The van der Waals surface area contributed by atoms with Crippen LogP contribution in [0.15, 0.2) is 187 Å². The Labute approximate surface area is 281 Å². The van der Waals surface area contributed by atoms with E-state index in [1.807, 2.05) is 0 Å². The van der Waals surface area contributed by atoms with Gasteiger partial charge in [-0.3, -0.25) is 4.99 Å². The molecule has 0 bridgehead atoms. The number of fused-ring (bicyclic) bond motifs is 3. The van der Waals surface area contributed by atoms with Crippen LogP contribution in [0.1, 0.15) is 29.0 Å². The lowest BCUT2D eigenvalue weighted by molar-refractivity contribution is 0.880. The zero-order valence-corrected chi connectivity index (χ0v) is 26.6. The van der Waals surface area contributed by atoms with Crippen molar-refractivity contribution in [1.29, 1.82) is 0 Å². The summed E-state index contributed by atoms with van der Waals surface area (Å²) in [6, 6.07) is 63.7. The molecule has 1 heteroatoms. The Hall–Kier alpha value is -6.05. The number of hydrogen-bond donors (Lipinski definition) is 0. The molecular weight excluding hydrogens is 579 g/mol. The molecule has 0 aliphatic carbocycles. The van der Waals surface area contributed by atoms with Gasteiger partial charge in [0.05, 0.1) is 5.70 Å². The van der Waals surface area contributed by atoms with Crippen molar-refractivity contribution >= 4 is 43.7 Å². The van der Waals surface area contributed by atoms with E-state index in [-0.39, 0.29) is 5.92 Å². The number of aliphatic imine (C=N–C) groups is 1. The lowest BCUT2D eigenvalue weighted by atomic mass is 9.83. The third kappa shape index (κ3) is 4.92. The molecule has 0 N–H and O–H groups in total. The molecule has 9 rings (SSSR count). The van der Waals surface area contributed by atoms with E-state index in [0.29, 0.717) is 0 Å². The van der Waals surface area contributed by atoms with Gasteiger partial charge in [-0.15, -0.1) is 0 Å². The van der Waals surface area contributed by atoms with E-state index >= 15 is 0 Å². The summed E-state index contributed by atoms with van der Waals surface area (Å²) >= 11 is 0. The van der Waals surface area contributed by atoms with E-state index in [1.165, 1.54) is 65.7 Å². The second kappa shape index (κ2) is 12.0. The molecule has 0 spiro atoms. The molecule has 226 valence electrons. The first-order valence-electron chi connectivity index (χ1n) is 16.7. The van der Waals surface area contributed by atoms with Crippen molar-refractivity contribution in [3.8, 4) is 22.3 Å². The average Bonchev–Trinajstić information content (AvgIpc) is 3.17. The molecule has 8 aromatic rings. The lowest BCUT2D eigenvalue weighted by Gasteiger charge is -2.23. The number of hydrogen-bond acceptors (Lipinski definition) is 1. The maximum absolute atomic E-state index is 5.16. The molecule has 1 aliphatic heterocycles. The molecule has 1 unspecified atom stereocenters. The van der Waals surface area contributed by atoms with Crippen molar-refractivity contribution in [1.82, 2.24) is 0 Å². The molecule has 1 heterocycles. The van der Waals surface area contributed by atoms with Gasteiger partial charge in [-0.05, 0) is 71.3 Å². The van der Waals surface area contributed by atoms with Gasteiger partial charge in [0, 0.05) is 18.1 Å². The minimum atomic E-state index is 0.226. The Morgan fingerprint density at radius 3 is 1.56 bits per heavy atom. The molecule has 48 heavy (non-hydrogen) atoms. The average molecular weight is 612 g/mol. The predicted octanol–water partition coefficient (Wildman–Crippen LogP) is 12.5.